The summed E-state index contributed by atoms with van der Waals surface area (Å²) in [6.45, 7) is 2.15. The summed E-state index contributed by atoms with van der Waals surface area (Å²) in [5.74, 6) is 0. The van der Waals surface area contributed by atoms with Crippen LogP contribution < -0.4 is 5.50 Å². The first-order chi connectivity index (χ1) is 4.84. The number of benzene rings is 1. The number of hydrogen-bond donors (Lipinski definition) is 1. The lowest BCUT2D eigenvalue weighted by Gasteiger charge is -2.06. The van der Waals surface area contributed by atoms with Crippen LogP contribution in [0.15, 0.2) is 30.3 Å². The standard InChI is InChI=1S/C8H12NP/c1-7(10-9)8-5-3-2-4-6-8/h2-7,10H,9H2,1H3. The average Bonchev–Trinajstić information content (AvgIpc) is 2.05. The van der Waals surface area contributed by atoms with E-state index in [1.165, 1.54) is 5.56 Å². The molecule has 0 fully saturated rings. The van der Waals surface area contributed by atoms with Crippen LogP contribution in [-0.4, -0.2) is 0 Å². The van der Waals surface area contributed by atoms with Crippen molar-refractivity contribution in [1.82, 2.24) is 0 Å². The first-order valence-electron chi connectivity index (χ1n) is 3.35. The lowest BCUT2D eigenvalue weighted by molar-refractivity contribution is 1.09. The van der Waals surface area contributed by atoms with Crippen LogP contribution >= 0.6 is 8.73 Å². The van der Waals surface area contributed by atoms with Crippen LogP contribution in [0.4, 0.5) is 0 Å². The Morgan fingerprint density at radius 2 is 1.90 bits per heavy atom. The maximum absolute atomic E-state index is 5.53. The van der Waals surface area contributed by atoms with Gasteiger partial charge in [0.05, 0.1) is 0 Å². The van der Waals surface area contributed by atoms with Crippen LogP contribution in [0.2, 0.25) is 0 Å². The maximum Gasteiger partial charge on any atom is 0.0114 e. The molecular formula is C8H12NP. The second-order valence-electron chi connectivity index (χ2n) is 2.30. The van der Waals surface area contributed by atoms with Crippen LogP contribution in [0.25, 0.3) is 0 Å². The fourth-order valence-electron chi connectivity index (χ4n) is 0.838. The van der Waals surface area contributed by atoms with E-state index in [4.69, 9.17) is 5.50 Å². The summed E-state index contributed by atoms with van der Waals surface area (Å²) < 4.78 is 0. The van der Waals surface area contributed by atoms with E-state index in [9.17, 15) is 0 Å². The average molecular weight is 153 g/mol. The number of rotatable bonds is 2. The van der Waals surface area contributed by atoms with Crippen molar-refractivity contribution in [2.45, 2.75) is 12.6 Å². The van der Waals surface area contributed by atoms with Crippen LogP contribution in [0.5, 0.6) is 0 Å². The van der Waals surface area contributed by atoms with E-state index < -0.39 is 0 Å². The molecule has 0 bridgehead atoms. The largest absolute Gasteiger partial charge is 0.312 e. The van der Waals surface area contributed by atoms with E-state index in [2.05, 4.69) is 19.1 Å². The van der Waals surface area contributed by atoms with Crippen molar-refractivity contribution >= 4 is 8.73 Å². The smallest absolute Gasteiger partial charge is 0.0114 e. The van der Waals surface area contributed by atoms with Crippen molar-refractivity contribution in [2.75, 3.05) is 0 Å². The van der Waals surface area contributed by atoms with Crippen molar-refractivity contribution in [3.63, 3.8) is 0 Å². The molecule has 1 rings (SSSR count). The molecule has 1 aromatic rings. The molecule has 0 aliphatic carbocycles. The fraction of sp³-hybridized carbons (Fsp3) is 0.250. The molecule has 0 aliphatic heterocycles. The number of nitrogens with two attached hydrogens (primary N) is 1. The Morgan fingerprint density at radius 1 is 1.30 bits per heavy atom. The summed E-state index contributed by atoms with van der Waals surface area (Å²) in [6.07, 6.45) is 0. The minimum Gasteiger partial charge on any atom is -0.312 e. The Morgan fingerprint density at radius 3 is 2.40 bits per heavy atom. The van der Waals surface area contributed by atoms with Crippen LogP contribution in [-0.2, 0) is 0 Å². The SMILES string of the molecule is CC(PN)c1ccccc1. The highest BCUT2D eigenvalue weighted by molar-refractivity contribution is 7.35. The summed E-state index contributed by atoms with van der Waals surface area (Å²) in [5, 5.41) is 0. The zero-order valence-corrected chi connectivity index (χ0v) is 7.04. The normalized spacial score (nSPS) is 14.2. The molecule has 0 aliphatic rings. The molecule has 2 N–H and O–H groups in total. The van der Waals surface area contributed by atoms with Crippen molar-refractivity contribution < 1.29 is 0 Å². The Bertz CT molecular complexity index is 186. The van der Waals surface area contributed by atoms with E-state index in [-0.39, 0.29) is 0 Å². The molecule has 0 saturated heterocycles. The predicted molar refractivity (Wildman–Crippen MR) is 47.4 cm³/mol. The van der Waals surface area contributed by atoms with Gasteiger partial charge in [0.1, 0.15) is 0 Å². The third-order valence-corrected chi connectivity index (χ3v) is 2.38. The van der Waals surface area contributed by atoms with Gasteiger partial charge in [-0.25, -0.2) is 0 Å². The molecule has 0 saturated carbocycles. The Balaban J connectivity index is 2.75. The molecule has 0 aromatic heterocycles. The van der Waals surface area contributed by atoms with Gasteiger partial charge in [0.15, 0.2) is 0 Å². The van der Waals surface area contributed by atoms with Crippen molar-refractivity contribution in [3.05, 3.63) is 35.9 Å². The van der Waals surface area contributed by atoms with Crippen LogP contribution in [0, 0.1) is 0 Å². The molecule has 2 atom stereocenters. The summed E-state index contributed by atoms with van der Waals surface area (Å²) >= 11 is 0. The van der Waals surface area contributed by atoms with E-state index >= 15 is 0 Å². The fourth-order valence-corrected chi connectivity index (χ4v) is 1.22. The third kappa shape index (κ3) is 1.80. The first kappa shape index (κ1) is 7.71. The van der Waals surface area contributed by atoms with Crippen molar-refractivity contribution in [2.24, 2.45) is 5.50 Å². The van der Waals surface area contributed by atoms with Gasteiger partial charge in [-0.15, -0.1) is 0 Å². The first-order valence-corrected chi connectivity index (χ1v) is 4.51. The van der Waals surface area contributed by atoms with E-state index in [0.29, 0.717) is 14.4 Å². The molecule has 54 valence electrons. The summed E-state index contributed by atoms with van der Waals surface area (Å²) in [6, 6.07) is 10.4. The topological polar surface area (TPSA) is 26.0 Å². The predicted octanol–water partition coefficient (Wildman–Crippen LogP) is 2.30. The van der Waals surface area contributed by atoms with Gasteiger partial charge in [-0.2, -0.15) is 0 Å². The minimum atomic E-state index is 0.509. The zero-order valence-electron chi connectivity index (χ0n) is 6.04. The highest BCUT2D eigenvalue weighted by atomic mass is 31.1. The molecule has 0 radical (unpaired) electrons. The van der Waals surface area contributed by atoms with Gasteiger partial charge in [0, 0.05) is 5.66 Å². The Labute approximate surface area is 63.5 Å². The molecule has 1 nitrogen and oxygen atoms in total. The van der Waals surface area contributed by atoms with Crippen molar-refractivity contribution in [3.8, 4) is 0 Å². The lowest BCUT2D eigenvalue weighted by atomic mass is 10.2. The molecule has 0 heterocycles. The zero-order chi connectivity index (χ0) is 7.40. The van der Waals surface area contributed by atoms with Gasteiger partial charge < -0.3 is 5.50 Å². The second kappa shape index (κ2) is 3.70. The highest BCUT2D eigenvalue weighted by Crippen LogP contribution is 2.27. The van der Waals surface area contributed by atoms with Gasteiger partial charge >= 0.3 is 0 Å². The molecule has 2 unspecified atom stereocenters. The summed E-state index contributed by atoms with van der Waals surface area (Å²) in [4.78, 5) is 0. The maximum atomic E-state index is 5.53. The highest BCUT2D eigenvalue weighted by Gasteiger charge is 1.99. The van der Waals surface area contributed by atoms with Crippen LogP contribution in [0.3, 0.4) is 0 Å². The molecule has 0 spiro atoms. The van der Waals surface area contributed by atoms with Gasteiger partial charge in [-0.05, 0) is 14.3 Å². The number of hydrogen-bond acceptors (Lipinski definition) is 1. The second-order valence-corrected chi connectivity index (χ2v) is 3.50. The van der Waals surface area contributed by atoms with Crippen LogP contribution in [0.1, 0.15) is 18.1 Å². The molecule has 2 heteroatoms. The third-order valence-electron chi connectivity index (χ3n) is 1.55. The van der Waals surface area contributed by atoms with E-state index in [1.807, 2.05) is 18.2 Å². The minimum absolute atomic E-state index is 0.509. The summed E-state index contributed by atoms with van der Waals surface area (Å²) in [7, 11) is 0.509. The van der Waals surface area contributed by atoms with Gasteiger partial charge in [-0.1, -0.05) is 37.3 Å². The Hall–Kier alpha value is -0.390. The molecule has 0 amide bonds. The van der Waals surface area contributed by atoms with Crippen molar-refractivity contribution in [1.29, 1.82) is 0 Å². The summed E-state index contributed by atoms with van der Waals surface area (Å²) in [5.41, 5.74) is 7.38. The monoisotopic (exact) mass is 153 g/mol. The quantitative estimate of drug-likeness (QED) is 0.648. The lowest BCUT2D eigenvalue weighted by Crippen LogP contribution is -1.88. The molecular weight excluding hydrogens is 141 g/mol. The van der Waals surface area contributed by atoms with E-state index in [1.54, 1.807) is 0 Å². The Kier molecular flexibility index (Phi) is 2.85. The van der Waals surface area contributed by atoms with Gasteiger partial charge in [0.2, 0.25) is 0 Å². The molecule has 1 aromatic carbocycles. The van der Waals surface area contributed by atoms with E-state index in [0.717, 1.165) is 0 Å². The molecule has 10 heavy (non-hydrogen) atoms. The van der Waals surface area contributed by atoms with Gasteiger partial charge in [0.25, 0.3) is 0 Å². The van der Waals surface area contributed by atoms with Gasteiger partial charge in [-0.3, -0.25) is 0 Å².